The standard InChI is InChI=1S/C30H36N2O5S/c1-29-14-9-17-37-28(36)24(29)23-26(34)32(22(19-33)18-20-10-4-2-5-11-20)25-27(35)31(21-12-6-3-7-13-21)16-8-15-30(23,25)38-29/h2,4-5,8-11,14-15,21-25,33H,3,6-7,12-13,16-19H2,1H3/t22-,23+,24-,25?,29+,30+/m1/s1. The summed E-state index contributed by atoms with van der Waals surface area (Å²) >= 11 is 1.56. The fraction of sp³-hybridized carbons (Fsp3) is 0.567. The van der Waals surface area contributed by atoms with E-state index < -0.39 is 39.4 Å². The number of ether oxygens (including phenoxy) is 1. The molecule has 1 saturated carbocycles. The van der Waals surface area contributed by atoms with Gasteiger partial charge in [0.2, 0.25) is 11.8 Å². The lowest BCUT2D eigenvalue weighted by Gasteiger charge is -2.42. The van der Waals surface area contributed by atoms with Gasteiger partial charge in [-0.25, -0.2) is 0 Å². The van der Waals surface area contributed by atoms with Crippen LogP contribution in [-0.4, -0.2) is 80.1 Å². The molecule has 1 N–H and O–H groups in total. The predicted octanol–water partition coefficient (Wildman–Crippen LogP) is 3.12. The van der Waals surface area contributed by atoms with Crippen molar-refractivity contribution in [1.82, 2.24) is 9.80 Å². The predicted molar refractivity (Wildman–Crippen MR) is 145 cm³/mol. The molecule has 202 valence electrons. The minimum Gasteiger partial charge on any atom is -0.461 e. The average molecular weight is 537 g/mol. The van der Waals surface area contributed by atoms with E-state index in [0.29, 0.717) is 13.0 Å². The van der Waals surface area contributed by atoms with Crippen LogP contribution in [-0.2, 0) is 25.5 Å². The summed E-state index contributed by atoms with van der Waals surface area (Å²) in [6, 6.07) is 8.52. The lowest BCUT2D eigenvalue weighted by molar-refractivity contribution is -0.153. The zero-order valence-electron chi connectivity index (χ0n) is 21.8. The normalized spacial score (nSPS) is 35.8. The van der Waals surface area contributed by atoms with Crippen LogP contribution in [0.4, 0.5) is 0 Å². The molecule has 1 unspecified atom stereocenters. The molecule has 0 bridgehead atoms. The van der Waals surface area contributed by atoms with Crippen LogP contribution in [0.25, 0.3) is 0 Å². The Morgan fingerprint density at radius 2 is 1.79 bits per heavy atom. The van der Waals surface area contributed by atoms with Crippen molar-refractivity contribution in [2.45, 2.75) is 73.1 Å². The molecular formula is C30H36N2O5S. The van der Waals surface area contributed by atoms with E-state index in [2.05, 4.69) is 0 Å². The molecular weight excluding hydrogens is 500 g/mol. The van der Waals surface area contributed by atoms with Crippen LogP contribution < -0.4 is 0 Å². The van der Waals surface area contributed by atoms with Crippen LogP contribution in [0.5, 0.6) is 0 Å². The maximum Gasteiger partial charge on any atom is 0.311 e. The molecule has 2 saturated heterocycles. The Morgan fingerprint density at radius 1 is 1.03 bits per heavy atom. The largest absolute Gasteiger partial charge is 0.461 e. The Bertz CT molecular complexity index is 1160. The van der Waals surface area contributed by atoms with Gasteiger partial charge in [0.25, 0.3) is 0 Å². The fourth-order valence-electron chi connectivity index (χ4n) is 7.56. The SMILES string of the molecule is C[C@]12C=CCOC(=O)[C@H]1[C@H]1C(=O)N([C@@H](CO)Cc3ccccc3)C3C(=O)N(C4CCCCC4)CC=C[C@@]31S2. The Hall–Kier alpha value is -2.58. The van der Waals surface area contributed by atoms with Crippen molar-refractivity contribution < 1.29 is 24.2 Å². The summed E-state index contributed by atoms with van der Waals surface area (Å²) in [6.45, 7) is 2.41. The third-order valence-corrected chi connectivity index (χ3v) is 11.0. The van der Waals surface area contributed by atoms with Gasteiger partial charge in [0.05, 0.1) is 29.2 Å². The number of aliphatic hydroxyl groups excluding tert-OH is 1. The summed E-state index contributed by atoms with van der Waals surface area (Å²) in [5.41, 5.74) is 0.987. The van der Waals surface area contributed by atoms with Gasteiger partial charge in [0.1, 0.15) is 12.6 Å². The van der Waals surface area contributed by atoms with Gasteiger partial charge < -0.3 is 19.6 Å². The highest BCUT2D eigenvalue weighted by atomic mass is 32.2. The number of thioether (sulfide) groups is 1. The van der Waals surface area contributed by atoms with E-state index in [1.54, 1.807) is 16.7 Å². The minimum atomic E-state index is -0.915. The summed E-state index contributed by atoms with van der Waals surface area (Å²) in [5.74, 6) is -2.13. The van der Waals surface area contributed by atoms with Gasteiger partial charge in [-0.15, -0.1) is 11.8 Å². The Kier molecular flexibility index (Phi) is 6.67. The zero-order chi connectivity index (χ0) is 26.5. The Balaban J connectivity index is 1.46. The van der Waals surface area contributed by atoms with Crippen molar-refractivity contribution in [1.29, 1.82) is 0 Å². The van der Waals surface area contributed by atoms with Crippen LogP contribution in [0.2, 0.25) is 0 Å². The van der Waals surface area contributed by atoms with Crippen molar-refractivity contribution in [2.24, 2.45) is 11.8 Å². The van der Waals surface area contributed by atoms with Crippen LogP contribution >= 0.6 is 11.8 Å². The lowest BCUT2D eigenvalue weighted by atomic mass is 9.75. The van der Waals surface area contributed by atoms with Crippen LogP contribution in [0.3, 0.4) is 0 Å². The van der Waals surface area contributed by atoms with Crippen molar-refractivity contribution in [3.05, 3.63) is 60.2 Å². The number of hydrogen-bond acceptors (Lipinski definition) is 6. The molecule has 4 aliphatic heterocycles. The summed E-state index contributed by atoms with van der Waals surface area (Å²) < 4.78 is 3.94. The number of aliphatic hydroxyl groups is 1. The van der Waals surface area contributed by atoms with E-state index in [9.17, 15) is 19.5 Å². The maximum atomic E-state index is 14.6. The molecule has 1 aromatic rings. The molecule has 1 spiro atoms. The summed E-state index contributed by atoms with van der Waals surface area (Å²) in [7, 11) is 0. The first kappa shape index (κ1) is 25.7. The highest BCUT2D eigenvalue weighted by molar-refractivity contribution is 8.02. The molecule has 1 aliphatic carbocycles. The first-order valence-electron chi connectivity index (χ1n) is 13.9. The number of cyclic esters (lactones) is 1. The van der Waals surface area contributed by atoms with E-state index in [1.165, 1.54) is 6.42 Å². The fourth-order valence-corrected chi connectivity index (χ4v) is 9.70. The highest BCUT2D eigenvalue weighted by Gasteiger charge is 2.74. The summed E-state index contributed by atoms with van der Waals surface area (Å²) in [5, 5.41) is 10.6. The molecule has 0 radical (unpaired) electrons. The van der Waals surface area contributed by atoms with Crippen molar-refractivity contribution in [3.63, 3.8) is 0 Å². The minimum absolute atomic E-state index is 0.0610. The first-order chi connectivity index (χ1) is 18.4. The monoisotopic (exact) mass is 536 g/mol. The number of rotatable bonds is 5. The smallest absolute Gasteiger partial charge is 0.311 e. The molecule has 4 heterocycles. The number of likely N-dealkylation sites (tertiary alicyclic amines) is 1. The first-order valence-corrected chi connectivity index (χ1v) is 14.7. The molecule has 3 fully saturated rings. The number of fused-ring (bicyclic) bond motifs is 2. The second-order valence-corrected chi connectivity index (χ2v) is 13.3. The van der Waals surface area contributed by atoms with Crippen LogP contribution in [0.15, 0.2) is 54.6 Å². The number of nitrogens with zero attached hydrogens (tertiary/aromatic N) is 2. The number of benzene rings is 1. The molecule has 6 atom stereocenters. The number of amides is 2. The van der Waals surface area contributed by atoms with Gasteiger partial charge in [0.15, 0.2) is 0 Å². The zero-order valence-corrected chi connectivity index (χ0v) is 22.6. The second-order valence-electron chi connectivity index (χ2n) is 11.5. The summed E-state index contributed by atoms with van der Waals surface area (Å²) in [6.07, 6.45) is 13.7. The summed E-state index contributed by atoms with van der Waals surface area (Å²) in [4.78, 5) is 46.1. The molecule has 0 aromatic heterocycles. The van der Waals surface area contributed by atoms with Crippen molar-refractivity contribution in [3.8, 4) is 0 Å². The van der Waals surface area contributed by atoms with Crippen LogP contribution in [0, 0.1) is 11.8 Å². The van der Waals surface area contributed by atoms with E-state index in [4.69, 9.17) is 4.74 Å². The number of carbonyl (C=O) groups is 3. The molecule has 7 nitrogen and oxygen atoms in total. The Morgan fingerprint density at radius 3 is 2.53 bits per heavy atom. The van der Waals surface area contributed by atoms with Crippen molar-refractivity contribution in [2.75, 3.05) is 19.8 Å². The third kappa shape index (κ3) is 3.94. The van der Waals surface area contributed by atoms with Gasteiger partial charge in [-0.05, 0) is 37.8 Å². The average Bonchev–Trinajstić information content (AvgIpc) is 3.19. The molecule has 8 heteroatoms. The second kappa shape index (κ2) is 9.87. The van der Waals surface area contributed by atoms with Crippen molar-refractivity contribution >= 4 is 29.5 Å². The highest BCUT2D eigenvalue weighted by Crippen LogP contribution is 2.65. The number of hydrogen-bond donors (Lipinski definition) is 1. The lowest BCUT2D eigenvalue weighted by Crippen LogP contribution is -2.58. The van der Waals surface area contributed by atoms with Gasteiger partial charge in [-0.1, -0.05) is 67.8 Å². The quantitative estimate of drug-likeness (QED) is 0.460. The van der Waals surface area contributed by atoms with E-state index in [1.807, 2.05) is 66.5 Å². The van der Waals surface area contributed by atoms with E-state index in [-0.39, 0.29) is 31.1 Å². The van der Waals surface area contributed by atoms with E-state index in [0.717, 1.165) is 31.2 Å². The molecule has 2 amide bonds. The molecule has 5 aliphatic rings. The van der Waals surface area contributed by atoms with Gasteiger partial charge in [0, 0.05) is 17.3 Å². The number of esters is 1. The molecule has 6 rings (SSSR count). The topological polar surface area (TPSA) is 87.1 Å². The maximum absolute atomic E-state index is 14.6. The van der Waals surface area contributed by atoms with Crippen LogP contribution in [0.1, 0.15) is 44.6 Å². The molecule has 1 aromatic carbocycles. The Labute approximate surface area is 228 Å². The third-order valence-electron chi connectivity index (χ3n) is 9.22. The number of carbonyl (C=O) groups excluding carboxylic acids is 3. The van der Waals surface area contributed by atoms with E-state index >= 15 is 0 Å². The molecule has 38 heavy (non-hydrogen) atoms. The van der Waals surface area contributed by atoms with Gasteiger partial charge >= 0.3 is 5.97 Å². The van der Waals surface area contributed by atoms with Gasteiger partial charge in [-0.2, -0.15) is 0 Å². The van der Waals surface area contributed by atoms with Gasteiger partial charge in [-0.3, -0.25) is 14.4 Å².